The van der Waals surface area contributed by atoms with Gasteiger partial charge in [-0.2, -0.15) is 0 Å². The van der Waals surface area contributed by atoms with Crippen LogP contribution in [-0.4, -0.2) is 106 Å². The zero-order chi connectivity index (χ0) is 42.2. The Morgan fingerprint density at radius 1 is 0.797 bits per heavy atom. The fourth-order valence-corrected chi connectivity index (χ4v) is 6.77. The van der Waals surface area contributed by atoms with E-state index in [-0.39, 0.29) is 31.3 Å². The topological polar surface area (TPSA) is 174 Å². The van der Waals surface area contributed by atoms with Crippen molar-refractivity contribution in [2.45, 2.75) is 58.3 Å². The molecule has 4 N–H and O–H groups in total. The van der Waals surface area contributed by atoms with Gasteiger partial charge in [-0.25, -0.2) is 0 Å². The number of nitrogens with zero attached hydrogens (tertiary/aromatic N) is 3. The first-order valence-electron chi connectivity index (χ1n) is 20.4. The van der Waals surface area contributed by atoms with E-state index >= 15 is 0 Å². The number of pyridine rings is 1. The third-order valence-electron chi connectivity index (χ3n) is 9.92. The van der Waals surface area contributed by atoms with Crippen LogP contribution in [0.1, 0.15) is 75.9 Å². The summed E-state index contributed by atoms with van der Waals surface area (Å²) >= 11 is 0. The maximum Gasteiger partial charge on any atom is 0.305 e. The van der Waals surface area contributed by atoms with E-state index in [0.29, 0.717) is 56.4 Å². The van der Waals surface area contributed by atoms with Crippen LogP contribution < -0.4 is 16.0 Å². The van der Waals surface area contributed by atoms with Gasteiger partial charge in [0.1, 0.15) is 0 Å². The van der Waals surface area contributed by atoms with Crippen LogP contribution in [-0.2, 0) is 36.6 Å². The molecule has 3 amide bonds. The lowest BCUT2D eigenvalue weighted by Gasteiger charge is -2.29. The number of aromatic nitrogens is 1. The average Bonchev–Trinajstić information content (AvgIpc) is 3.26. The zero-order valence-corrected chi connectivity index (χ0v) is 34.4. The number of carboxylic acids is 1. The molecular formula is C46H59N5O8. The molecule has 0 saturated carbocycles. The average molecular weight is 810 g/mol. The molecule has 0 atom stereocenters. The standard InChI is InChI=1S/C35H44N4O7.C10H12.CH3NO/c1-26-11-13-36-32(23-26)30-25-29(39-14-4-3-5-15-39)9-10-31(30)37-34(42)27-7-6-8-28(24-27)35(43)38(2)16-18-45-20-22-46-21-19-44-17-12-33(40)41;1-2-6-10-8-4-3-7-9(10)5-1;2-1-3/h6-11,13,23-25H,3-5,12,14-22H2,1-2H3,(H,37,42)(H,40,41);1-2,5-6H,3-4,7-8H2;1H,(H2,2,3). The van der Waals surface area contributed by atoms with E-state index in [4.69, 9.17) is 24.1 Å². The number of benzene rings is 3. The minimum absolute atomic E-state index is 0.0342. The molecule has 4 aromatic rings. The van der Waals surface area contributed by atoms with Gasteiger partial charge >= 0.3 is 5.97 Å². The third-order valence-corrected chi connectivity index (χ3v) is 9.92. The van der Waals surface area contributed by atoms with Crippen LogP contribution in [0.4, 0.5) is 11.4 Å². The molecule has 6 rings (SSSR count). The minimum Gasteiger partial charge on any atom is -0.481 e. The maximum absolute atomic E-state index is 13.5. The molecule has 59 heavy (non-hydrogen) atoms. The first-order valence-corrected chi connectivity index (χ1v) is 20.4. The van der Waals surface area contributed by atoms with Gasteiger partial charge in [0.2, 0.25) is 6.41 Å². The van der Waals surface area contributed by atoms with Crippen LogP contribution in [0.15, 0.2) is 85.1 Å². The molecule has 0 unspecified atom stereocenters. The van der Waals surface area contributed by atoms with E-state index in [1.54, 1.807) is 53.5 Å². The number of hydrogen-bond acceptors (Lipinski definition) is 9. The lowest BCUT2D eigenvalue weighted by atomic mass is 9.92. The van der Waals surface area contributed by atoms with Crippen LogP contribution in [0.25, 0.3) is 11.3 Å². The van der Waals surface area contributed by atoms with Crippen molar-refractivity contribution in [3.05, 3.63) is 113 Å². The molecule has 3 aromatic carbocycles. The largest absolute Gasteiger partial charge is 0.481 e. The molecular weight excluding hydrogens is 751 g/mol. The number of likely N-dealkylation sites (N-methyl/N-ethyl adjacent to an activating group) is 1. The lowest BCUT2D eigenvalue weighted by molar-refractivity contribution is -0.138. The monoisotopic (exact) mass is 809 g/mol. The van der Waals surface area contributed by atoms with E-state index in [1.807, 2.05) is 31.2 Å². The van der Waals surface area contributed by atoms with E-state index in [9.17, 15) is 14.4 Å². The number of carbonyl (C=O) groups is 4. The number of hydrogen-bond donors (Lipinski definition) is 3. The van der Waals surface area contributed by atoms with Gasteiger partial charge in [0, 0.05) is 55.3 Å². The lowest BCUT2D eigenvalue weighted by Crippen LogP contribution is -2.30. The molecule has 2 heterocycles. The van der Waals surface area contributed by atoms with Gasteiger partial charge in [0.15, 0.2) is 0 Å². The summed E-state index contributed by atoms with van der Waals surface area (Å²) in [6.07, 6.45) is 10.9. The molecule has 13 nitrogen and oxygen atoms in total. The third kappa shape index (κ3) is 15.9. The molecule has 1 aliphatic heterocycles. The van der Waals surface area contributed by atoms with Crippen LogP contribution in [0.2, 0.25) is 0 Å². The van der Waals surface area contributed by atoms with Crippen molar-refractivity contribution < 1.29 is 38.5 Å². The molecule has 13 heteroatoms. The molecule has 1 aromatic heterocycles. The molecule has 0 spiro atoms. The molecule has 2 aliphatic rings. The number of aliphatic carboxylic acids is 1. The number of nitrogens with two attached hydrogens (primary N) is 1. The Morgan fingerprint density at radius 3 is 2.07 bits per heavy atom. The van der Waals surface area contributed by atoms with Crippen molar-refractivity contribution in [1.82, 2.24) is 9.88 Å². The summed E-state index contributed by atoms with van der Waals surface area (Å²) in [6, 6.07) is 25.5. The molecule has 316 valence electrons. The summed E-state index contributed by atoms with van der Waals surface area (Å²) in [7, 11) is 1.69. The van der Waals surface area contributed by atoms with Crippen molar-refractivity contribution in [2.75, 3.05) is 76.5 Å². The SMILES string of the molecule is Cc1ccnc(-c2cc(N3CCCCC3)ccc2NC(=O)c2cccc(C(=O)N(C)CCOCCOCCOCCC(=O)O)c2)c1.NC=O.c1ccc2c(c1)CCCC2. The summed E-state index contributed by atoms with van der Waals surface area (Å²) < 4.78 is 16.1. The fraction of sp³-hybridized carbons (Fsp3) is 0.413. The molecule has 0 radical (unpaired) electrons. The number of carbonyl (C=O) groups excluding carboxylic acids is 3. The summed E-state index contributed by atoms with van der Waals surface area (Å²) in [5.74, 6) is -1.43. The van der Waals surface area contributed by atoms with E-state index in [0.717, 1.165) is 35.6 Å². The van der Waals surface area contributed by atoms with Crippen LogP contribution >= 0.6 is 0 Å². The number of fused-ring (bicyclic) bond motifs is 1. The predicted molar refractivity (Wildman–Crippen MR) is 230 cm³/mol. The van der Waals surface area contributed by atoms with Crippen molar-refractivity contribution >= 4 is 35.6 Å². The number of rotatable bonds is 17. The number of primary amides is 1. The molecule has 0 bridgehead atoms. The minimum atomic E-state index is -0.897. The number of carboxylic acid groups (broad SMARTS) is 1. The number of ether oxygens (including phenoxy) is 3. The highest BCUT2D eigenvalue weighted by Gasteiger charge is 2.18. The highest BCUT2D eigenvalue weighted by Crippen LogP contribution is 2.33. The van der Waals surface area contributed by atoms with Gasteiger partial charge in [-0.05, 0) is 117 Å². The number of nitrogens with one attached hydrogen (secondary N) is 1. The Hall–Kier alpha value is -5.63. The van der Waals surface area contributed by atoms with E-state index in [1.165, 1.54) is 44.9 Å². The number of anilines is 2. The summed E-state index contributed by atoms with van der Waals surface area (Å²) in [5, 5.41) is 11.6. The maximum atomic E-state index is 13.5. The molecule has 1 saturated heterocycles. The van der Waals surface area contributed by atoms with Crippen molar-refractivity contribution in [1.29, 1.82) is 0 Å². The van der Waals surface area contributed by atoms with Gasteiger partial charge in [0.05, 0.1) is 57.4 Å². The Bertz CT molecular complexity index is 1910. The Kier molecular flexibility index (Phi) is 20.0. The smallest absolute Gasteiger partial charge is 0.305 e. The van der Waals surface area contributed by atoms with Crippen molar-refractivity contribution in [3.63, 3.8) is 0 Å². The highest BCUT2D eigenvalue weighted by molar-refractivity contribution is 6.08. The van der Waals surface area contributed by atoms with Crippen LogP contribution in [0, 0.1) is 6.92 Å². The van der Waals surface area contributed by atoms with Crippen molar-refractivity contribution in [2.24, 2.45) is 5.73 Å². The second-order valence-electron chi connectivity index (χ2n) is 14.4. The second-order valence-corrected chi connectivity index (χ2v) is 14.4. The highest BCUT2D eigenvalue weighted by atomic mass is 16.5. The number of aryl methyl sites for hydroxylation is 3. The van der Waals surface area contributed by atoms with E-state index < -0.39 is 5.97 Å². The number of piperidine rings is 1. The zero-order valence-electron chi connectivity index (χ0n) is 34.4. The first kappa shape index (κ1) is 46.1. The number of amides is 3. The normalized spacial score (nSPS) is 13.1. The second kappa shape index (κ2) is 25.7. The summed E-state index contributed by atoms with van der Waals surface area (Å²) in [4.78, 5) is 54.1. The van der Waals surface area contributed by atoms with Gasteiger partial charge < -0.3 is 40.2 Å². The Labute approximate surface area is 347 Å². The van der Waals surface area contributed by atoms with Crippen molar-refractivity contribution in [3.8, 4) is 11.3 Å². The van der Waals surface area contributed by atoms with Crippen LogP contribution in [0.3, 0.4) is 0 Å². The van der Waals surface area contributed by atoms with Gasteiger partial charge in [-0.3, -0.25) is 24.2 Å². The fourth-order valence-electron chi connectivity index (χ4n) is 6.77. The Balaban J connectivity index is 0.000000500. The first-order chi connectivity index (χ1) is 28.7. The molecule has 1 aliphatic carbocycles. The van der Waals surface area contributed by atoms with Crippen LogP contribution in [0.5, 0.6) is 0 Å². The van der Waals surface area contributed by atoms with E-state index in [2.05, 4.69) is 51.3 Å². The van der Waals surface area contributed by atoms with Gasteiger partial charge in [0.25, 0.3) is 11.8 Å². The predicted octanol–water partition coefficient (Wildman–Crippen LogP) is 6.56. The quantitative estimate of drug-likeness (QED) is 0.0783. The Morgan fingerprint density at radius 2 is 1.42 bits per heavy atom. The van der Waals surface area contributed by atoms with Gasteiger partial charge in [-0.15, -0.1) is 0 Å². The van der Waals surface area contributed by atoms with Gasteiger partial charge in [-0.1, -0.05) is 30.3 Å². The summed E-state index contributed by atoms with van der Waals surface area (Å²) in [6.45, 7) is 6.26. The molecule has 1 fully saturated rings. The summed E-state index contributed by atoms with van der Waals surface area (Å²) in [5.41, 5.74) is 12.6.